The van der Waals surface area contributed by atoms with Crippen LogP contribution >= 0.6 is 0 Å². The second-order valence-electron chi connectivity index (χ2n) is 8.49. The molecule has 0 radical (unpaired) electrons. The standard InChI is InChI=1S/C20H30N2O2/c1-19(2,3)24-18(23)22(14-20(13-21)10-7-11-20)17-12-16(17)15-8-5-4-6-9-15/h4-6,8-9,16-17H,7,10-14,21H2,1-3H3/t16?,17-/m0/s1. The first-order valence-corrected chi connectivity index (χ1v) is 9.08. The monoisotopic (exact) mass is 330 g/mol. The van der Waals surface area contributed by atoms with Gasteiger partial charge in [-0.05, 0) is 52.1 Å². The van der Waals surface area contributed by atoms with E-state index in [1.807, 2.05) is 31.7 Å². The van der Waals surface area contributed by atoms with Crippen LogP contribution in [0.1, 0.15) is 57.9 Å². The number of nitrogens with two attached hydrogens (primary N) is 1. The summed E-state index contributed by atoms with van der Waals surface area (Å²) in [6.07, 6.45) is 4.28. The maximum absolute atomic E-state index is 12.8. The Balaban J connectivity index is 1.74. The van der Waals surface area contributed by atoms with E-state index in [4.69, 9.17) is 10.5 Å². The molecule has 0 aliphatic heterocycles. The van der Waals surface area contributed by atoms with Crippen LogP contribution in [0.3, 0.4) is 0 Å². The van der Waals surface area contributed by atoms with Gasteiger partial charge in [-0.3, -0.25) is 0 Å². The molecule has 2 aliphatic carbocycles. The topological polar surface area (TPSA) is 55.6 Å². The molecule has 0 bridgehead atoms. The molecule has 0 spiro atoms. The van der Waals surface area contributed by atoms with Crippen molar-refractivity contribution in [1.82, 2.24) is 4.90 Å². The quantitative estimate of drug-likeness (QED) is 0.890. The predicted octanol–water partition coefficient (Wildman–Crippen LogP) is 3.91. The molecule has 0 heterocycles. The highest BCUT2D eigenvalue weighted by Crippen LogP contribution is 2.48. The number of hydrogen-bond acceptors (Lipinski definition) is 3. The molecule has 2 aliphatic rings. The summed E-state index contributed by atoms with van der Waals surface area (Å²) in [4.78, 5) is 14.8. The first-order valence-electron chi connectivity index (χ1n) is 9.08. The van der Waals surface area contributed by atoms with E-state index in [-0.39, 0.29) is 17.6 Å². The first-order chi connectivity index (χ1) is 11.3. The van der Waals surface area contributed by atoms with Crippen molar-refractivity contribution >= 4 is 6.09 Å². The summed E-state index contributed by atoms with van der Waals surface area (Å²) in [7, 11) is 0. The Morgan fingerprint density at radius 3 is 2.46 bits per heavy atom. The van der Waals surface area contributed by atoms with Crippen molar-refractivity contribution in [2.75, 3.05) is 13.1 Å². The van der Waals surface area contributed by atoms with Crippen molar-refractivity contribution in [2.45, 2.75) is 64.0 Å². The average Bonchev–Trinajstić information content (AvgIpc) is 3.26. The highest BCUT2D eigenvalue weighted by molar-refractivity contribution is 5.69. The van der Waals surface area contributed by atoms with Gasteiger partial charge in [0.25, 0.3) is 0 Å². The van der Waals surface area contributed by atoms with Gasteiger partial charge in [0.15, 0.2) is 0 Å². The van der Waals surface area contributed by atoms with E-state index in [9.17, 15) is 4.79 Å². The van der Waals surface area contributed by atoms with Gasteiger partial charge >= 0.3 is 6.09 Å². The second kappa shape index (κ2) is 6.40. The zero-order valence-corrected chi connectivity index (χ0v) is 15.1. The molecule has 2 fully saturated rings. The first kappa shape index (κ1) is 17.3. The minimum Gasteiger partial charge on any atom is -0.444 e. The van der Waals surface area contributed by atoms with E-state index >= 15 is 0 Å². The van der Waals surface area contributed by atoms with Crippen LogP contribution in [0.2, 0.25) is 0 Å². The van der Waals surface area contributed by atoms with Crippen molar-refractivity contribution in [2.24, 2.45) is 11.1 Å². The molecule has 132 valence electrons. The number of benzene rings is 1. The SMILES string of the molecule is CC(C)(C)OC(=O)N(CC1(CN)CCC1)[C@H]1CC1c1ccccc1. The van der Waals surface area contributed by atoms with Gasteiger partial charge in [0.2, 0.25) is 0 Å². The zero-order valence-electron chi connectivity index (χ0n) is 15.1. The fourth-order valence-corrected chi connectivity index (χ4v) is 3.69. The van der Waals surface area contributed by atoms with Crippen molar-refractivity contribution in [3.63, 3.8) is 0 Å². The number of amides is 1. The third kappa shape index (κ3) is 3.75. The van der Waals surface area contributed by atoms with Crippen molar-refractivity contribution in [1.29, 1.82) is 0 Å². The van der Waals surface area contributed by atoms with Crippen LogP contribution in [0, 0.1) is 5.41 Å². The maximum Gasteiger partial charge on any atom is 0.410 e. The molecule has 2 N–H and O–H groups in total. The lowest BCUT2D eigenvalue weighted by molar-refractivity contribution is 0.00300. The highest BCUT2D eigenvalue weighted by Gasteiger charge is 2.49. The van der Waals surface area contributed by atoms with Gasteiger partial charge in [0.05, 0.1) is 0 Å². The van der Waals surface area contributed by atoms with Gasteiger partial charge < -0.3 is 15.4 Å². The van der Waals surface area contributed by atoms with Gasteiger partial charge in [-0.15, -0.1) is 0 Å². The number of carbonyl (C=O) groups is 1. The molecule has 1 unspecified atom stereocenters. The largest absolute Gasteiger partial charge is 0.444 e. The Kier molecular flexibility index (Phi) is 4.60. The molecule has 4 nitrogen and oxygen atoms in total. The number of carbonyl (C=O) groups excluding carboxylic acids is 1. The summed E-state index contributed by atoms with van der Waals surface area (Å²) >= 11 is 0. The molecule has 4 heteroatoms. The molecule has 2 saturated carbocycles. The molecule has 0 saturated heterocycles. The molecule has 3 rings (SSSR count). The van der Waals surface area contributed by atoms with E-state index in [1.165, 1.54) is 12.0 Å². The summed E-state index contributed by atoms with van der Waals surface area (Å²) in [6, 6.07) is 10.7. The molecule has 1 aromatic carbocycles. The lowest BCUT2D eigenvalue weighted by Crippen LogP contribution is -2.50. The smallest absolute Gasteiger partial charge is 0.410 e. The Morgan fingerprint density at radius 2 is 1.96 bits per heavy atom. The van der Waals surface area contributed by atoms with Gasteiger partial charge in [-0.2, -0.15) is 0 Å². The average molecular weight is 330 g/mol. The van der Waals surface area contributed by atoms with Gasteiger partial charge in [-0.1, -0.05) is 36.8 Å². The fraction of sp³-hybridized carbons (Fsp3) is 0.650. The van der Waals surface area contributed by atoms with Crippen LogP contribution in [0.4, 0.5) is 4.79 Å². The highest BCUT2D eigenvalue weighted by atomic mass is 16.6. The lowest BCUT2D eigenvalue weighted by atomic mass is 9.68. The van der Waals surface area contributed by atoms with Crippen LogP contribution in [0.5, 0.6) is 0 Å². The van der Waals surface area contributed by atoms with Gasteiger partial charge in [-0.25, -0.2) is 4.79 Å². The fourth-order valence-electron chi connectivity index (χ4n) is 3.69. The molecule has 2 atom stereocenters. The van der Waals surface area contributed by atoms with Crippen molar-refractivity contribution < 1.29 is 9.53 Å². The molecular weight excluding hydrogens is 300 g/mol. The molecule has 1 amide bonds. The van der Waals surface area contributed by atoms with Crippen LogP contribution in [-0.4, -0.2) is 35.7 Å². The van der Waals surface area contributed by atoms with Crippen LogP contribution < -0.4 is 5.73 Å². The molecular formula is C20H30N2O2. The number of nitrogens with zero attached hydrogens (tertiary/aromatic N) is 1. The van der Waals surface area contributed by atoms with E-state index in [0.717, 1.165) is 25.8 Å². The van der Waals surface area contributed by atoms with Crippen molar-refractivity contribution in [3.8, 4) is 0 Å². The Hall–Kier alpha value is -1.55. The third-order valence-electron chi connectivity index (χ3n) is 5.37. The Bertz CT molecular complexity index is 570. The van der Waals surface area contributed by atoms with Crippen molar-refractivity contribution in [3.05, 3.63) is 35.9 Å². The number of hydrogen-bond donors (Lipinski definition) is 1. The summed E-state index contributed by atoms with van der Waals surface area (Å²) in [5.74, 6) is 0.425. The summed E-state index contributed by atoms with van der Waals surface area (Å²) in [6.45, 7) is 7.15. The third-order valence-corrected chi connectivity index (χ3v) is 5.37. The zero-order chi connectivity index (χ0) is 17.4. The maximum atomic E-state index is 12.8. The Morgan fingerprint density at radius 1 is 1.29 bits per heavy atom. The Labute approximate surface area is 145 Å². The van der Waals surface area contributed by atoms with Crippen LogP contribution in [0.25, 0.3) is 0 Å². The minimum atomic E-state index is -0.470. The van der Waals surface area contributed by atoms with E-state index in [1.54, 1.807) is 0 Å². The van der Waals surface area contributed by atoms with E-state index in [0.29, 0.717) is 12.5 Å². The predicted molar refractivity (Wildman–Crippen MR) is 95.9 cm³/mol. The molecule has 24 heavy (non-hydrogen) atoms. The normalized spacial score (nSPS) is 24.8. The summed E-state index contributed by atoms with van der Waals surface area (Å²) < 4.78 is 5.69. The van der Waals surface area contributed by atoms with Gasteiger partial charge in [0, 0.05) is 23.9 Å². The number of ether oxygens (including phenoxy) is 1. The molecule has 1 aromatic rings. The van der Waals surface area contributed by atoms with Crippen LogP contribution in [-0.2, 0) is 4.74 Å². The lowest BCUT2D eigenvalue weighted by Gasteiger charge is -2.44. The second-order valence-corrected chi connectivity index (χ2v) is 8.49. The minimum absolute atomic E-state index is 0.0979. The van der Waals surface area contributed by atoms with Crippen LogP contribution in [0.15, 0.2) is 30.3 Å². The summed E-state index contributed by atoms with van der Waals surface area (Å²) in [5, 5.41) is 0. The van der Waals surface area contributed by atoms with Gasteiger partial charge in [0.1, 0.15) is 5.60 Å². The summed E-state index contributed by atoms with van der Waals surface area (Å²) in [5.41, 5.74) is 6.97. The number of rotatable bonds is 5. The van der Waals surface area contributed by atoms with E-state index in [2.05, 4.69) is 24.3 Å². The van der Waals surface area contributed by atoms with E-state index < -0.39 is 5.60 Å². The molecule has 0 aromatic heterocycles.